The molecule has 86 valence electrons. The van der Waals surface area contributed by atoms with Gasteiger partial charge in [0.25, 0.3) is 10.2 Å². The lowest BCUT2D eigenvalue weighted by atomic mass is 10.4. The average molecular weight is 223 g/mol. The third-order valence-corrected chi connectivity index (χ3v) is 4.28. The monoisotopic (exact) mass is 223 g/mol. The Balaban J connectivity index is 4.45. The third-order valence-electron chi connectivity index (χ3n) is 2.16. The number of nitrogens with zero attached hydrogens (tertiary/aromatic N) is 2. The van der Waals surface area contributed by atoms with E-state index in [2.05, 4.69) is 0 Å². The lowest BCUT2D eigenvalue weighted by Gasteiger charge is -2.26. The fourth-order valence-corrected chi connectivity index (χ4v) is 2.25. The number of rotatable bonds is 6. The molecule has 0 saturated carbocycles. The van der Waals surface area contributed by atoms with Gasteiger partial charge in [0.15, 0.2) is 0 Å². The molecule has 0 aliphatic rings. The molecule has 0 amide bonds. The zero-order valence-corrected chi connectivity index (χ0v) is 10.2. The van der Waals surface area contributed by atoms with Crippen molar-refractivity contribution in [2.24, 2.45) is 5.73 Å². The van der Waals surface area contributed by atoms with Crippen LogP contribution >= 0.6 is 0 Å². The highest BCUT2D eigenvalue weighted by atomic mass is 32.2. The Bertz CT molecular complexity index is 251. The van der Waals surface area contributed by atoms with E-state index < -0.39 is 10.2 Å². The fraction of sp³-hybridized carbons (Fsp3) is 1.00. The molecule has 0 saturated heterocycles. The molecule has 14 heavy (non-hydrogen) atoms. The maximum Gasteiger partial charge on any atom is 0.281 e. The minimum absolute atomic E-state index is 0.0275. The molecule has 0 aromatic carbocycles. The lowest BCUT2D eigenvalue weighted by Crippen LogP contribution is -2.43. The van der Waals surface area contributed by atoms with Gasteiger partial charge >= 0.3 is 0 Å². The van der Waals surface area contributed by atoms with Crippen LogP contribution in [0.25, 0.3) is 0 Å². The summed E-state index contributed by atoms with van der Waals surface area (Å²) in [5.41, 5.74) is 5.32. The Labute approximate surface area is 87.0 Å². The summed E-state index contributed by atoms with van der Waals surface area (Å²) < 4.78 is 26.3. The Morgan fingerprint density at radius 3 is 2.14 bits per heavy atom. The highest BCUT2D eigenvalue weighted by Crippen LogP contribution is 2.07. The van der Waals surface area contributed by atoms with E-state index in [4.69, 9.17) is 5.73 Å². The van der Waals surface area contributed by atoms with E-state index in [0.717, 1.165) is 0 Å². The minimum Gasteiger partial charge on any atom is -0.330 e. The average Bonchev–Trinajstić information content (AvgIpc) is 2.12. The molecular weight excluding hydrogens is 202 g/mol. The first-order valence-electron chi connectivity index (χ1n) is 4.73. The van der Waals surface area contributed by atoms with Crippen molar-refractivity contribution in [1.29, 1.82) is 0 Å². The van der Waals surface area contributed by atoms with Gasteiger partial charge in [-0.3, -0.25) is 0 Å². The summed E-state index contributed by atoms with van der Waals surface area (Å²) >= 11 is 0. The molecule has 0 aromatic heterocycles. The van der Waals surface area contributed by atoms with Crippen LogP contribution < -0.4 is 5.73 Å². The van der Waals surface area contributed by atoms with E-state index in [9.17, 15) is 8.42 Å². The van der Waals surface area contributed by atoms with Crippen molar-refractivity contribution in [3.63, 3.8) is 0 Å². The van der Waals surface area contributed by atoms with Gasteiger partial charge in [-0.25, -0.2) is 0 Å². The molecule has 0 rings (SSSR count). The first kappa shape index (κ1) is 13.8. The van der Waals surface area contributed by atoms with E-state index in [0.29, 0.717) is 19.5 Å². The second kappa shape index (κ2) is 5.65. The predicted molar refractivity (Wildman–Crippen MR) is 58.1 cm³/mol. The SMILES string of the molecule is CC(C)N(C)S(=O)(=O)N(C)CCCN. The van der Waals surface area contributed by atoms with Gasteiger partial charge in [-0.15, -0.1) is 0 Å². The van der Waals surface area contributed by atoms with Crippen molar-refractivity contribution < 1.29 is 8.42 Å². The van der Waals surface area contributed by atoms with E-state index in [1.807, 2.05) is 13.8 Å². The van der Waals surface area contributed by atoms with Crippen LogP contribution in [0.2, 0.25) is 0 Å². The number of nitrogens with two attached hydrogens (primary N) is 1. The Kier molecular flexibility index (Phi) is 5.58. The van der Waals surface area contributed by atoms with Gasteiger partial charge in [-0.2, -0.15) is 17.0 Å². The van der Waals surface area contributed by atoms with Crippen molar-refractivity contribution in [2.75, 3.05) is 27.2 Å². The lowest BCUT2D eigenvalue weighted by molar-refractivity contribution is 0.356. The molecule has 6 heteroatoms. The molecule has 0 bridgehead atoms. The molecule has 0 radical (unpaired) electrons. The normalized spacial score (nSPS) is 13.1. The van der Waals surface area contributed by atoms with Gasteiger partial charge in [0, 0.05) is 26.7 Å². The van der Waals surface area contributed by atoms with Gasteiger partial charge in [0.2, 0.25) is 0 Å². The van der Waals surface area contributed by atoms with Crippen LogP contribution in [0.1, 0.15) is 20.3 Å². The minimum atomic E-state index is -3.30. The predicted octanol–water partition coefficient (Wildman–Crippen LogP) is -0.148. The van der Waals surface area contributed by atoms with Crippen LogP contribution in [0, 0.1) is 0 Å². The van der Waals surface area contributed by atoms with Crippen molar-refractivity contribution in [2.45, 2.75) is 26.3 Å². The van der Waals surface area contributed by atoms with Gasteiger partial charge in [0.1, 0.15) is 0 Å². The summed E-state index contributed by atoms with van der Waals surface area (Å²) in [7, 11) is -0.144. The molecule has 0 spiro atoms. The molecule has 0 atom stereocenters. The molecule has 0 aliphatic heterocycles. The smallest absolute Gasteiger partial charge is 0.281 e. The van der Waals surface area contributed by atoms with E-state index in [1.54, 1.807) is 14.1 Å². The van der Waals surface area contributed by atoms with Gasteiger partial charge in [-0.05, 0) is 26.8 Å². The summed E-state index contributed by atoms with van der Waals surface area (Å²) in [5, 5.41) is 0. The maximum absolute atomic E-state index is 11.8. The van der Waals surface area contributed by atoms with E-state index in [-0.39, 0.29) is 6.04 Å². The summed E-state index contributed by atoms with van der Waals surface area (Å²) in [6, 6.07) is -0.0275. The highest BCUT2D eigenvalue weighted by molar-refractivity contribution is 7.86. The molecular formula is C8H21N3O2S. The van der Waals surface area contributed by atoms with Crippen molar-refractivity contribution in [3.8, 4) is 0 Å². The molecule has 0 unspecified atom stereocenters. The van der Waals surface area contributed by atoms with Crippen molar-refractivity contribution in [1.82, 2.24) is 8.61 Å². The summed E-state index contributed by atoms with van der Waals surface area (Å²) in [6.45, 7) is 4.66. The Morgan fingerprint density at radius 1 is 1.29 bits per heavy atom. The first-order chi connectivity index (χ1) is 6.34. The largest absolute Gasteiger partial charge is 0.330 e. The maximum atomic E-state index is 11.8. The Hall–Kier alpha value is -0.170. The third kappa shape index (κ3) is 3.53. The quantitative estimate of drug-likeness (QED) is 0.681. The zero-order chi connectivity index (χ0) is 11.4. The molecule has 0 heterocycles. The van der Waals surface area contributed by atoms with Crippen LogP contribution in [0.15, 0.2) is 0 Å². The molecule has 0 aliphatic carbocycles. The fourth-order valence-electron chi connectivity index (χ4n) is 0.916. The van der Waals surface area contributed by atoms with Gasteiger partial charge in [-0.1, -0.05) is 0 Å². The van der Waals surface area contributed by atoms with Crippen LogP contribution in [0.5, 0.6) is 0 Å². The molecule has 0 aromatic rings. The summed E-state index contributed by atoms with van der Waals surface area (Å²) in [6.07, 6.45) is 0.682. The van der Waals surface area contributed by atoms with Crippen LogP contribution in [0.3, 0.4) is 0 Å². The number of hydrogen-bond acceptors (Lipinski definition) is 3. The van der Waals surface area contributed by atoms with Gasteiger partial charge < -0.3 is 5.73 Å². The summed E-state index contributed by atoms with van der Waals surface area (Å²) in [5.74, 6) is 0. The van der Waals surface area contributed by atoms with Crippen LogP contribution in [-0.4, -0.2) is 50.3 Å². The van der Waals surface area contributed by atoms with E-state index in [1.165, 1.54) is 8.61 Å². The van der Waals surface area contributed by atoms with E-state index >= 15 is 0 Å². The topological polar surface area (TPSA) is 66.6 Å². The van der Waals surface area contributed by atoms with Crippen LogP contribution in [0.4, 0.5) is 0 Å². The van der Waals surface area contributed by atoms with Crippen molar-refractivity contribution in [3.05, 3.63) is 0 Å². The summed E-state index contributed by atoms with van der Waals surface area (Å²) in [4.78, 5) is 0. The first-order valence-corrected chi connectivity index (χ1v) is 6.13. The number of hydrogen-bond donors (Lipinski definition) is 1. The molecule has 5 nitrogen and oxygen atoms in total. The zero-order valence-electron chi connectivity index (χ0n) is 9.40. The highest BCUT2D eigenvalue weighted by Gasteiger charge is 2.24. The van der Waals surface area contributed by atoms with Gasteiger partial charge in [0.05, 0.1) is 0 Å². The van der Waals surface area contributed by atoms with Crippen LogP contribution in [-0.2, 0) is 10.2 Å². The molecule has 0 fully saturated rings. The standard InChI is InChI=1S/C8H21N3O2S/c1-8(2)11(4)14(12,13)10(3)7-5-6-9/h8H,5-7,9H2,1-4H3. The van der Waals surface area contributed by atoms with Crippen molar-refractivity contribution >= 4 is 10.2 Å². The second-order valence-electron chi connectivity index (χ2n) is 3.58. The second-order valence-corrected chi connectivity index (χ2v) is 5.68. The molecule has 2 N–H and O–H groups in total. The Morgan fingerprint density at radius 2 is 1.79 bits per heavy atom.